The molecule has 0 bridgehead atoms. The van der Waals surface area contributed by atoms with E-state index in [0.29, 0.717) is 30.0 Å². The van der Waals surface area contributed by atoms with Crippen LogP contribution in [-0.2, 0) is 11.2 Å². The molecular weight excluding hydrogens is 256 g/mol. The van der Waals surface area contributed by atoms with E-state index in [4.69, 9.17) is 4.74 Å². The largest absolute Gasteiger partial charge is 0.461 e. The van der Waals surface area contributed by atoms with E-state index in [-0.39, 0.29) is 5.97 Å². The minimum Gasteiger partial charge on any atom is -0.461 e. The fourth-order valence-electron chi connectivity index (χ4n) is 3.05. The summed E-state index contributed by atoms with van der Waals surface area (Å²) >= 11 is 0. The van der Waals surface area contributed by atoms with Gasteiger partial charge in [0.25, 0.3) is 0 Å². The normalized spacial score (nSPS) is 22.2. The number of fused-ring (bicyclic) bond motifs is 3. The molecule has 2 aliphatic carbocycles. The molecule has 0 radical (unpaired) electrons. The third kappa shape index (κ3) is 1.57. The van der Waals surface area contributed by atoms with Crippen molar-refractivity contribution in [3.05, 3.63) is 35.5 Å². The van der Waals surface area contributed by atoms with E-state index in [1.807, 2.05) is 0 Å². The van der Waals surface area contributed by atoms with E-state index in [9.17, 15) is 4.79 Å². The molecule has 0 saturated heterocycles. The maximum atomic E-state index is 12.0. The second-order valence-electron chi connectivity index (χ2n) is 5.21. The van der Waals surface area contributed by atoms with Crippen LogP contribution in [0.1, 0.15) is 41.0 Å². The van der Waals surface area contributed by atoms with Gasteiger partial charge in [0.05, 0.1) is 18.5 Å². The number of aromatic nitrogens is 4. The molecule has 0 unspecified atom stereocenters. The van der Waals surface area contributed by atoms with Crippen LogP contribution in [-0.4, -0.2) is 32.3 Å². The zero-order valence-corrected chi connectivity index (χ0v) is 11.1. The Kier molecular flexibility index (Phi) is 2.39. The number of hydrogen-bond donors (Lipinski definition) is 0. The van der Waals surface area contributed by atoms with Gasteiger partial charge in [-0.1, -0.05) is 0 Å². The van der Waals surface area contributed by atoms with Crippen LogP contribution in [0.5, 0.6) is 0 Å². The van der Waals surface area contributed by atoms with Crippen LogP contribution in [0.4, 0.5) is 0 Å². The molecule has 6 heteroatoms. The molecule has 0 aliphatic heterocycles. The molecule has 1 saturated carbocycles. The fraction of sp³-hybridized carbons (Fsp3) is 0.429. The highest BCUT2D eigenvalue weighted by atomic mass is 16.5. The summed E-state index contributed by atoms with van der Waals surface area (Å²) in [4.78, 5) is 20.4. The number of esters is 1. The van der Waals surface area contributed by atoms with Gasteiger partial charge in [-0.05, 0) is 25.7 Å². The smallest absolute Gasteiger partial charge is 0.359 e. The highest BCUT2D eigenvalue weighted by Crippen LogP contribution is 2.57. The predicted molar refractivity (Wildman–Crippen MR) is 69.7 cm³/mol. The van der Waals surface area contributed by atoms with Gasteiger partial charge in [-0.25, -0.2) is 14.5 Å². The lowest BCUT2D eigenvalue weighted by Gasteiger charge is -2.03. The summed E-state index contributed by atoms with van der Waals surface area (Å²) in [5.41, 5.74) is 2.61. The first-order valence-electron chi connectivity index (χ1n) is 6.85. The molecular formula is C14H14N4O2. The van der Waals surface area contributed by atoms with Crippen LogP contribution in [0.25, 0.3) is 5.82 Å². The summed E-state index contributed by atoms with van der Waals surface area (Å²) in [5, 5.41) is 4.44. The van der Waals surface area contributed by atoms with Crippen molar-refractivity contribution in [1.82, 2.24) is 19.7 Å². The van der Waals surface area contributed by atoms with Crippen LogP contribution in [0.15, 0.2) is 18.6 Å². The number of nitrogens with zero attached hydrogens (tertiary/aromatic N) is 4. The minimum absolute atomic E-state index is 0.340. The van der Waals surface area contributed by atoms with E-state index in [1.165, 1.54) is 6.42 Å². The predicted octanol–water partition coefficient (Wildman–Crippen LogP) is 1.50. The van der Waals surface area contributed by atoms with Crippen molar-refractivity contribution in [1.29, 1.82) is 0 Å². The van der Waals surface area contributed by atoms with Crippen LogP contribution in [0.2, 0.25) is 0 Å². The van der Waals surface area contributed by atoms with Crippen LogP contribution in [0.3, 0.4) is 0 Å². The SMILES string of the molecule is CCOC(=O)c1nn(-c2cnccn2)c2c1C[C@H]1C[C@@H]21. The Bertz CT molecular complexity index is 680. The molecule has 4 rings (SSSR count). The molecule has 2 aromatic rings. The molecule has 6 nitrogen and oxygen atoms in total. The van der Waals surface area contributed by atoms with Crippen molar-refractivity contribution in [3.8, 4) is 5.82 Å². The van der Waals surface area contributed by atoms with Gasteiger partial charge in [0.15, 0.2) is 11.5 Å². The quantitative estimate of drug-likeness (QED) is 0.790. The molecule has 102 valence electrons. The van der Waals surface area contributed by atoms with E-state index >= 15 is 0 Å². The first-order valence-corrected chi connectivity index (χ1v) is 6.85. The van der Waals surface area contributed by atoms with Crippen molar-refractivity contribution in [2.45, 2.75) is 25.7 Å². The molecule has 0 aromatic carbocycles. The summed E-state index contributed by atoms with van der Waals surface area (Å²) < 4.78 is 6.87. The van der Waals surface area contributed by atoms with Crippen molar-refractivity contribution in [3.63, 3.8) is 0 Å². The van der Waals surface area contributed by atoms with Crippen LogP contribution >= 0.6 is 0 Å². The summed E-state index contributed by atoms with van der Waals surface area (Å²) in [7, 11) is 0. The van der Waals surface area contributed by atoms with Gasteiger partial charge >= 0.3 is 5.97 Å². The van der Waals surface area contributed by atoms with Gasteiger partial charge in [-0.15, -0.1) is 0 Å². The molecule has 0 amide bonds. The zero-order chi connectivity index (χ0) is 13.7. The topological polar surface area (TPSA) is 69.9 Å². The number of carbonyl (C=O) groups is 1. The molecule has 1 fully saturated rings. The molecule has 0 spiro atoms. The average molecular weight is 270 g/mol. The highest BCUT2D eigenvalue weighted by Gasteiger charge is 2.50. The van der Waals surface area contributed by atoms with Gasteiger partial charge in [0, 0.05) is 23.9 Å². The first kappa shape index (κ1) is 11.6. The lowest BCUT2D eigenvalue weighted by molar-refractivity contribution is 0.0517. The van der Waals surface area contributed by atoms with Gasteiger partial charge < -0.3 is 4.74 Å². The third-order valence-electron chi connectivity index (χ3n) is 4.00. The number of carbonyl (C=O) groups excluding carboxylic acids is 1. The lowest BCUT2D eigenvalue weighted by atomic mass is 10.1. The maximum Gasteiger partial charge on any atom is 0.359 e. The molecule has 2 heterocycles. The van der Waals surface area contributed by atoms with E-state index in [1.54, 1.807) is 30.2 Å². The van der Waals surface area contributed by atoms with Gasteiger partial charge in [-0.2, -0.15) is 5.10 Å². The minimum atomic E-state index is -0.340. The Morgan fingerprint density at radius 2 is 2.40 bits per heavy atom. The Morgan fingerprint density at radius 3 is 3.15 bits per heavy atom. The summed E-state index contributed by atoms with van der Waals surface area (Å²) in [6, 6.07) is 0. The first-order chi connectivity index (χ1) is 9.79. The Balaban J connectivity index is 1.84. The van der Waals surface area contributed by atoms with E-state index in [2.05, 4.69) is 15.1 Å². The Hall–Kier alpha value is -2.24. The summed E-state index contributed by atoms with van der Waals surface area (Å²) in [5.74, 6) is 1.50. The monoisotopic (exact) mass is 270 g/mol. The molecule has 2 aromatic heterocycles. The Morgan fingerprint density at radius 1 is 1.50 bits per heavy atom. The number of rotatable bonds is 3. The van der Waals surface area contributed by atoms with Crippen molar-refractivity contribution >= 4 is 5.97 Å². The van der Waals surface area contributed by atoms with Gasteiger partial charge in [-0.3, -0.25) is 4.98 Å². The number of ether oxygens (including phenoxy) is 1. The average Bonchev–Trinajstić information content (AvgIpc) is 2.97. The van der Waals surface area contributed by atoms with Crippen molar-refractivity contribution < 1.29 is 9.53 Å². The molecule has 20 heavy (non-hydrogen) atoms. The molecule has 2 atom stereocenters. The molecule has 2 aliphatic rings. The van der Waals surface area contributed by atoms with Crippen LogP contribution in [0, 0.1) is 5.92 Å². The van der Waals surface area contributed by atoms with Crippen molar-refractivity contribution in [2.75, 3.05) is 6.61 Å². The highest BCUT2D eigenvalue weighted by molar-refractivity contribution is 5.90. The maximum absolute atomic E-state index is 12.0. The third-order valence-corrected chi connectivity index (χ3v) is 4.00. The lowest BCUT2D eigenvalue weighted by Crippen LogP contribution is -2.09. The van der Waals surface area contributed by atoms with Crippen LogP contribution < -0.4 is 0 Å². The van der Waals surface area contributed by atoms with Crippen molar-refractivity contribution in [2.24, 2.45) is 5.92 Å². The summed E-state index contributed by atoms with van der Waals surface area (Å²) in [6.07, 6.45) is 7.03. The molecule has 0 N–H and O–H groups in total. The van der Waals surface area contributed by atoms with Gasteiger partial charge in [0.2, 0.25) is 0 Å². The summed E-state index contributed by atoms with van der Waals surface area (Å²) in [6.45, 7) is 2.16. The standard InChI is InChI=1S/C14H14N4O2/c1-2-20-14(19)12-10-6-8-5-9(8)13(10)18(17-12)11-7-15-3-4-16-11/h3-4,7-9H,2,5-6H2,1H3/t8-,9-/m1/s1. The zero-order valence-electron chi connectivity index (χ0n) is 11.1. The van der Waals surface area contributed by atoms with Gasteiger partial charge in [0.1, 0.15) is 0 Å². The second-order valence-corrected chi connectivity index (χ2v) is 5.21. The Labute approximate surface area is 115 Å². The van der Waals surface area contributed by atoms with E-state index in [0.717, 1.165) is 17.7 Å². The fourth-order valence-corrected chi connectivity index (χ4v) is 3.05. The number of hydrogen-bond acceptors (Lipinski definition) is 5. The van der Waals surface area contributed by atoms with E-state index < -0.39 is 0 Å². The second kappa shape index (κ2) is 4.13.